The number of rotatable bonds is 10. The van der Waals surface area contributed by atoms with E-state index in [2.05, 4.69) is 107 Å². The quantitative estimate of drug-likeness (QED) is 0.175. The third kappa shape index (κ3) is 5.65. The fraction of sp³-hybridized carbons (Fsp3) is 0.323. The van der Waals surface area contributed by atoms with Gasteiger partial charge in [0.05, 0.1) is 11.0 Å². The van der Waals surface area contributed by atoms with Crippen LogP contribution >= 0.6 is 12.6 Å². The number of aryl methyl sites for hydroxylation is 2. The first-order chi connectivity index (χ1) is 19.4. The fourth-order valence-corrected chi connectivity index (χ4v) is 5.70. The van der Waals surface area contributed by atoms with Crippen molar-refractivity contribution >= 4 is 35.3 Å². The molecule has 0 saturated carbocycles. The average molecular weight is 554 g/mol. The van der Waals surface area contributed by atoms with Gasteiger partial charge in [-0.15, -0.1) is 10.2 Å². The van der Waals surface area contributed by atoms with E-state index in [0.717, 1.165) is 57.6 Å². The van der Waals surface area contributed by atoms with E-state index in [1.165, 1.54) is 5.56 Å². The molecule has 1 atom stereocenters. The van der Waals surface area contributed by atoms with E-state index < -0.39 is 0 Å². The van der Waals surface area contributed by atoms with Gasteiger partial charge in [-0.2, -0.15) is 17.8 Å². The van der Waals surface area contributed by atoms with Gasteiger partial charge >= 0.3 is 0 Å². The Balaban J connectivity index is 1.47. The Bertz CT molecular complexity index is 1610. The number of imidazole rings is 1. The minimum Gasteiger partial charge on any atom is -0.326 e. The molecule has 0 unspecified atom stereocenters. The molecule has 1 amide bonds. The molecule has 5 rings (SSSR count). The highest BCUT2D eigenvalue weighted by Gasteiger charge is 2.22. The van der Waals surface area contributed by atoms with Gasteiger partial charge in [-0.05, 0) is 58.9 Å². The Morgan fingerprint density at radius 2 is 1.82 bits per heavy atom. The molecule has 2 aromatic heterocycles. The summed E-state index contributed by atoms with van der Waals surface area (Å²) in [5.41, 5.74) is 8.06. The second kappa shape index (κ2) is 12.0. The second-order valence-electron chi connectivity index (χ2n) is 10.5. The smallest absolute Gasteiger partial charge is 0.228 e. The molecule has 0 aliphatic carbocycles. The van der Waals surface area contributed by atoms with Crippen LogP contribution in [0.15, 0.2) is 60.7 Å². The lowest BCUT2D eigenvalue weighted by Gasteiger charge is -2.18. The summed E-state index contributed by atoms with van der Waals surface area (Å²) >= 11 is 4.40. The van der Waals surface area contributed by atoms with Crippen LogP contribution in [0.4, 0.5) is 5.69 Å². The van der Waals surface area contributed by atoms with Crippen molar-refractivity contribution < 1.29 is 4.79 Å². The number of benzene rings is 3. The first-order valence-corrected chi connectivity index (χ1v) is 14.4. The number of carbonyl (C=O) groups excluding carboxylic acids is 1. The monoisotopic (exact) mass is 553 g/mol. The lowest BCUT2D eigenvalue weighted by Crippen LogP contribution is -2.28. The van der Waals surface area contributed by atoms with Crippen LogP contribution < -0.4 is 5.32 Å². The number of aromatic amines is 1. The van der Waals surface area contributed by atoms with Gasteiger partial charge < -0.3 is 9.88 Å². The predicted octanol–water partition coefficient (Wildman–Crippen LogP) is 6.33. The van der Waals surface area contributed by atoms with Crippen molar-refractivity contribution in [3.05, 3.63) is 77.6 Å². The molecule has 3 aromatic carbocycles. The number of fused-ring (bicyclic) bond motifs is 1. The van der Waals surface area contributed by atoms with Gasteiger partial charge in [-0.3, -0.25) is 4.79 Å². The molecule has 40 heavy (non-hydrogen) atoms. The van der Waals surface area contributed by atoms with Crippen LogP contribution in [-0.2, 0) is 17.8 Å². The molecule has 9 heteroatoms. The zero-order chi connectivity index (χ0) is 28.2. The highest BCUT2D eigenvalue weighted by Crippen LogP contribution is 2.31. The SMILES string of the molecule is CCCc1nc2c(C)cc(NC(=O)[C@H](CS)C(C)C)cc2n1Cc1ccc(-c2ccccc2-c2nn[nH]n2)cc1. The zero-order valence-corrected chi connectivity index (χ0v) is 24.2. The molecule has 0 saturated heterocycles. The molecular formula is C31H35N7OS. The number of H-pyrrole nitrogens is 1. The van der Waals surface area contributed by atoms with Gasteiger partial charge in [0.2, 0.25) is 11.7 Å². The number of amides is 1. The third-order valence-electron chi connectivity index (χ3n) is 7.32. The minimum absolute atomic E-state index is 0.000266. The molecule has 0 fully saturated rings. The first kappa shape index (κ1) is 27.6. The van der Waals surface area contributed by atoms with E-state index in [4.69, 9.17) is 4.98 Å². The number of tetrazole rings is 1. The van der Waals surface area contributed by atoms with Crippen LogP contribution in [0.25, 0.3) is 33.5 Å². The van der Waals surface area contributed by atoms with E-state index >= 15 is 0 Å². The van der Waals surface area contributed by atoms with Crippen LogP contribution in [0.2, 0.25) is 0 Å². The number of hydrogen-bond donors (Lipinski definition) is 3. The Morgan fingerprint density at radius 3 is 2.48 bits per heavy atom. The van der Waals surface area contributed by atoms with Gasteiger partial charge in [0, 0.05) is 35.9 Å². The van der Waals surface area contributed by atoms with E-state index in [1.54, 1.807) is 0 Å². The largest absolute Gasteiger partial charge is 0.326 e. The zero-order valence-electron chi connectivity index (χ0n) is 23.3. The van der Waals surface area contributed by atoms with E-state index in [9.17, 15) is 4.79 Å². The van der Waals surface area contributed by atoms with Gasteiger partial charge in [-0.1, -0.05) is 69.3 Å². The van der Waals surface area contributed by atoms with Crippen molar-refractivity contribution in [2.24, 2.45) is 11.8 Å². The summed E-state index contributed by atoms with van der Waals surface area (Å²) in [4.78, 5) is 18.0. The van der Waals surface area contributed by atoms with Gasteiger partial charge in [0.1, 0.15) is 5.82 Å². The second-order valence-corrected chi connectivity index (χ2v) is 10.9. The molecule has 2 N–H and O–H groups in total. The topological polar surface area (TPSA) is 101 Å². The lowest BCUT2D eigenvalue weighted by molar-refractivity contribution is -0.120. The van der Waals surface area contributed by atoms with Gasteiger partial charge in [0.25, 0.3) is 0 Å². The first-order valence-electron chi connectivity index (χ1n) is 13.7. The number of carbonyl (C=O) groups is 1. The number of anilines is 1. The number of thiol groups is 1. The summed E-state index contributed by atoms with van der Waals surface area (Å²) in [5.74, 6) is 2.20. The van der Waals surface area contributed by atoms with Gasteiger partial charge in [0.15, 0.2) is 0 Å². The molecular weight excluding hydrogens is 518 g/mol. The molecule has 0 radical (unpaired) electrons. The summed E-state index contributed by atoms with van der Waals surface area (Å²) < 4.78 is 2.28. The van der Waals surface area contributed by atoms with E-state index in [-0.39, 0.29) is 17.7 Å². The number of hydrogen-bond acceptors (Lipinski definition) is 6. The van der Waals surface area contributed by atoms with Crippen molar-refractivity contribution in [3.63, 3.8) is 0 Å². The summed E-state index contributed by atoms with van der Waals surface area (Å²) in [6, 6.07) is 20.7. The van der Waals surface area contributed by atoms with Crippen molar-refractivity contribution in [1.29, 1.82) is 0 Å². The highest BCUT2D eigenvalue weighted by atomic mass is 32.1. The fourth-order valence-electron chi connectivity index (χ4n) is 5.11. The normalized spacial score (nSPS) is 12.2. The number of nitrogens with zero attached hydrogens (tertiary/aromatic N) is 5. The Labute approximate surface area is 240 Å². The van der Waals surface area contributed by atoms with Crippen LogP contribution in [0.1, 0.15) is 44.1 Å². The number of nitrogens with one attached hydrogen (secondary N) is 2. The van der Waals surface area contributed by atoms with Crippen molar-refractivity contribution in [2.75, 3.05) is 11.1 Å². The Hall–Kier alpha value is -3.98. The molecule has 5 aromatic rings. The van der Waals surface area contributed by atoms with E-state index in [0.29, 0.717) is 18.1 Å². The average Bonchev–Trinajstić information content (AvgIpc) is 3.59. The molecule has 2 heterocycles. The maximum atomic E-state index is 13.0. The van der Waals surface area contributed by atoms with Crippen LogP contribution in [0.3, 0.4) is 0 Å². The summed E-state index contributed by atoms with van der Waals surface area (Å²) in [7, 11) is 0. The Kier molecular flexibility index (Phi) is 8.30. The summed E-state index contributed by atoms with van der Waals surface area (Å²) in [6.07, 6.45) is 1.87. The van der Waals surface area contributed by atoms with Crippen LogP contribution in [-0.4, -0.2) is 41.8 Å². The van der Waals surface area contributed by atoms with Crippen molar-refractivity contribution in [1.82, 2.24) is 30.2 Å². The van der Waals surface area contributed by atoms with Gasteiger partial charge in [-0.25, -0.2) is 4.98 Å². The van der Waals surface area contributed by atoms with Crippen molar-refractivity contribution in [2.45, 2.75) is 47.1 Å². The molecule has 0 aliphatic rings. The standard InChI is InChI=1S/C31H35N7OS/c1-5-8-28-33-29-20(4)15-23(32-31(39)26(18-40)19(2)3)16-27(29)38(28)17-21-11-13-22(14-12-21)24-9-6-7-10-25(24)30-34-36-37-35-30/h6-7,9-16,19,26,40H,5,8,17-18H2,1-4H3,(H,32,39)(H,34,35,36,37)/t26-/m1/s1. The molecule has 0 aliphatic heterocycles. The maximum absolute atomic E-state index is 13.0. The molecule has 206 valence electrons. The summed E-state index contributed by atoms with van der Waals surface area (Å²) in [5, 5.41) is 17.7. The van der Waals surface area contributed by atoms with Crippen LogP contribution in [0, 0.1) is 18.8 Å². The maximum Gasteiger partial charge on any atom is 0.228 e. The third-order valence-corrected chi connectivity index (χ3v) is 7.72. The Morgan fingerprint density at radius 1 is 1.07 bits per heavy atom. The van der Waals surface area contributed by atoms with Crippen molar-refractivity contribution in [3.8, 4) is 22.5 Å². The number of aromatic nitrogens is 6. The molecule has 0 bridgehead atoms. The molecule has 0 spiro atoms. The van der Waals surface area contributed by atoms with Crippen LogP contribution in [0.5, 0.6) is 0 Å². The van der Waals surface area contributed by atoms with E-state index in [1.807, 2.05) is 24.3 Å². The lowest BCUT2D eigenvalue weighted by atomic mass is 9.97. The molecule has 8 nitrogen and oxygen atoms in total. The highest BCUT2D eigenvalue weighted by molar-refractivity contribution is 7.80. The minimum atomic E-state index is -0.149. The summed E-state index contributed by atoms with van der Waals surface area (Å²) in [6.45, 7) is 9.01. The predicted molar refractivity (Wildman–Crippen MR) is 163 cm³/mol.